The average Bonchev–Trinajstić information content (AvgIpc) is 2.86. The fraction of sp³-hybridized carbons (Fsp3) is 0.533. The highest BCUT2D eigenvalue weighted by Crippen LogP contribution is 2.27. The fourth-order valence-corrected chi connectivity index (χ4v) is 4.86. The van der Waals surface area contributed by atoms with Gasteiger partial charge in [-0.05, 0) is 12.1 Å². The summed E-state index contributed by atoms with van der Waals surface area (Å²) in [6.07, 6.45) is -0.427. The normalized spacial score (nSPS) is 25.7. The lowest BCUT2D eigenvalue weighted by atomic mass is 10.1. The standard InChI is InChI=1S/C15H19NO6S/c1-20-12-4-2-3-5-13(12)22-8-15(17)16-6-7-21-14-10-23(18,19)9-11(14)16/h2-5,11,14H,6-10H2,1H3. The van der Waals surface area contributed by atoms with Gasteiger partial charge in [0, 0.05) is 6.54 Å². The molecule has 2 aliphatic rings. The molecule has 3 rings (SSSR count). The van der Waals surface area contributed by atoms with Crippen molar-refractivity contribution in [3.05, 3.63) is 24.3 Å². The summed E-state index contributed by atoms with van der Waals surface area (Å²) in [5.74, 6) is 0.717. The third-order valence-corrected chi connectivity index (χ3v) is 5.76. The van der Waals surface area contributed by atoms with E-state index in [9.17, 15) is 13.2 Å². The molecule has 2 unspecified atom stereocenters. The summed E-state index contributed by atoms with van der Waals surface area (Å²) in [6.45, 7) is 0.561. The van der Waals surface area contributed by atoms with Crippen molar-refractivity contribution in [3.8, 4) is 11.5 Å². The van der Waals surface area contributed by atoms with Crippen molar-refractivity contribution in [2.45, 2.75) is 12.1 Å². The first-order chi connectivity index (χ1) is 11.0. The number of carbonyl (C=O) groups excluding carboxylic acids is 1. The van der Waals surface area contributed by atoms with Crippen molar-refractivity contribution in [1.82, 2.24) is 4.90 Å². The van der Waals surface area contributed by atoms with Gasteiger partial charge >= 0.3 is 0 Å². The highest BCUT2D eigenvalue weighted by molar-refractivity contribution is 7.91. The molecule has 0 aliphatic carbocycles. The second-order valence-corrected chi connectivity index (χ2v) is 7.73. The molecule has 8 heteroatoms. The number of morpholine rings is 1. The Bertz CT molecular complexity index is 689. The van der Waals surface area contributed by atoms with Crippen LogP contribution >= 0.6 is 0 Å². The first-order valence-corrected chi connectivity index (χ1v) is 9.19. The summed E-state index contributed by atoms with van der Waals surface area (Å²) in [4.78, 5) is 14.0. The molecule has 23 heavy (non-hydrogen) atoms. The monoisotopic (exact) mass is 341 g/mol. The van der Waals surface area contributed by atoms with Gasteiger partial charge in [0.25, 0.3) is 5.91 Å². The fourth-order valence-electron chi connectivity index (χ4n) is 2.99. The van der Waals surface area contributed by atoms with Crippen LogP contribution in [0.2, 0.25) is 0 Å². The van der Waals surface area contributed by atoms with E-state index in [4.69, 9.17) is 14.2 Å². The largest absolute Gasteiger partial charge is 0.493 e. The Balaban J connectivity index is 1.66. The molecule has 7 nitrogen and oxygen atoms in total. The number of ether oxygens (including phenoxy) is 3. The Kier molecular flexibility index (Phi) is 4.45. The molecule has 0 spiro atoms. The summed E-state index contributed by atoms with van der Waals surface area (Å²) in [5, 5.41) is 0. The maximum absolute atomic E-state index is 12.4. The summed E-state index contributed by atoms with van der Waals surface area (Å²) in [6, 6.07) is 6.64. The summed E-state index contributed by atoms with van der Waals surface area (Å²) >= 11 is 0. The number of amides is 1. The minimum absolute atomic E-state index is 0.0190. The topological polar surface area (TPSA) is 82.1 Å². The molecule has 0 N–H and O–H groups in total. The van der Waals surface area contributed by atoms with Crippen molar-refractivity contribution in [1.29, 1.82) is 0 Å². The quantitative estimate of drug-likeness (QED) is 0.772. The lowest BCUT2D eigenvalue weighted by Gasteiger charge is -2.36. The van der Waals surface area contributed by atoms with E-state index in [0.29, 0.717) is 24.7 Å². The number of para-hydroxylation sites is 2. The second kappa shape index (κ2) is 6.37. The zero-order valence-corrected chi connectivity index (χ0v) is 13.6. The molecule has 0 bridgehead atoms. The number of nitrogens with zero attached hydrogens (tertiary/aromatic N) is 1. The molecule has 0 aromatic heterocycles. The predicted molar refractivity (Wildman–Crippen MR) is 82.4 cm³/mol. The van der Waals surface area contributed by atoms with Gasteiger partial charge < -0.3 is 19.1 Å². The second-order valence-electron chi connectivity index (χ2n) is 5.58. The molecule has 2 saturated heterocycles. The summed E-state index contributed by atoms with van der Waals surface area (Å²) < 4.78 is 39.7. The van der Waals surface area contributed by atoms with Crippen LogP contribution in [0.1, 0.15) is 0 Å². The lowest BCUT2D eigenvalue weighted by molar-refractivity contribution is -0.144. The van der Waals surface area contributed by atoms with Gasteiger partial charge in [0.15, 0.2) is 27.9 Å². The molecule has 2 fully saturated rings. The number of fused-ring (bicyclic) bond motifs is 1. The van der Waals surface area contributed by atoms with Crippen LogP contribution in [0, 0.1) is 0 Å². The molecule has 126 valence electrons. The van der Waals surface area contributed by atoms with Crippen LogP contribution < -0.4 is 9.47 Å². The van der Waals surface area contributed by atoms with Gasteiger partial charge in [0.05, 0.1) is 37.4 Å². The van der Waals surface area contributed by atoms with Crippen molar-refractivity contribution in [3.63, 3.8) is 0 Å². The third-order valence-electron chi connectivity index (χ3n) is 4.08. The van der Waals surface area contributed by atoms with Crippen LogP contribution in [0.15, 0.2) is 24.3 Å². The van der Waals surface area contributed by atoms with Gasteiger partial charge in [-0.2, -0.15) is 0 Å². The predicted octanol–water partition coefficient (Wildman–Crippen LogP) is 0.0984. The SMILES string of the molecule is COc1ccccc1OCC(=O)N1CCOC2CS(=O)(=O)CC21. The molecule has 1 amide bonds. The number of methoxy groups -OCH3 is 1. The number of benzene rings is 1. The van der Waals surface area contributed by atoms with Crippen LogP contribution in [0.3, 0.4) is 0 Å². The Morgan fingerprint density at radius 1 is 1.30 bits per heavy atom. The molecule has 2 atom stereocenters. The maximum atomic E-state index is 12.4. The van der Waals surface area contributed by atoms with Crippen molar-refractivity contribution in [2.24, 2.45) is 0 Å². The van der Waals surface area contributed by atoms with Crippen LogP contribution in [0.5, 0.6) is 11.5 Å². The van der Waals surface area contributed by atoms with Gasteiger partial charge in [0.1, 0.15) is 0 Å². The number of sulfone groups is 1. The number of hydrogen-bond acceptors (Lipinski definition) is 6. The van der Waals surface area contributed by atoms with Crippen molar-refractivity contribution in [2.75, 3.05) is 38.4 Å². The first kappa shape index (κ1) is 16.1. The van der Waals surface area contributed by atoms with E-state index in [1.54, 1.807) is 23.1 Å². The first-order valence-electron chi connectivity index (χ1n) is 7.37. The van der Waals surface area contributed by atoms with Crippen LogP contribution in [0.25, 0.3) is 0 Å². The van der Waals surface area contributed by atoms with Crippen LogP contribution in [0.4, 0.5) is 0 Å². The Hall–Kier alpha value is -1.80. The van der Waals surface area contributed by atoms with Gasteiger partial charge in [-0.1, -0.05) is 12.1 Å². The van der Waals surface area contributed by atoms with E-state index in [2.05, 4.69) is 0 Å². The minimum atomic E-state index is -3.15. The van der Waals surface area contributed by atoms with Gasteiger partial charge in [-0.25, -0.2) is 8.42 Å². The Morgan fingerprint density at radius 2 is 2.04 bits per heavy atom. The van der Waals surface area contributed by atoms with E-state index in [-0.39, 0.29) is 24.0 Å². The third kappa shape index (κ3) is 3.42. The van der Waals surface area contributed by atoms with E-state index >= 15 is 0 Å². The molecule has 2 heterocycles. The van der Waals surface area contributed by atoms with E-state index < -0.39 is 22.0 Å². The average molecular weight is 341 g/mol. The van der Waals surface area contributed by atoms with Crippen molar-refractivity contribution >= 4 is 15.7 Å². The number of carbonyl (C=O) groups is 1. The van der Waals surface area contributed by atoms with Gasteiger partial charge in [-0.15, -0.1) is 0 Å². The van der Waals surface area contributed by atoms with Gasteiger partial charge in [-0.3, -0.25) is 4.79 Å². The van der Waals surface area contributed by atoms with E-state index in [1.807, 2.05) is 6.07 Å². The van der Waals surface area contributed by atoms with Gasteiger partial charge in [0.2, 0.25) is 0 Å². The smallest absolute Gasteiger partial charge is 0.260 e. The highest BCUT2D eigenvalue weighted by Gasteiger charge is 2.45. The minimum Gasteiger partial charge on any atom is -0.493 e. The summed E-state index contributed by atoms with van der Waals surface area (Å²) in [5.41, 5.74) is 0. The van der Waals surface area contributed by atoms with Crippen LogP contribution in [-0.4, -0.2) is 69.7 Å². The zero-order valence-electron chi connectivity index (χ0n) is 12.8. The zero-order chi connectivity index (χ0) is 16.4. The molecule has 1 aromatic rings. The van der Waals surface area contributed by atoms with E-state index in [0.717, 1.165) is 0 Å². The molecule has 1 aromatic carbocycles. The molecule has 0 radical (unpaired) electrons. The Labute approximate surface area is 135 Å². The van der Waals surface area contributed by atoms with Crippen LogP contribution in [-0.2, 0) is 19.4 Å². The summed E-state index contributed by atoms with van der Waals surface area (Å²) in [7, 11) is -1.63. The lowest BCUT2D eigenvalue weighted by Crippen LogP contribution is -2.54. The molecule has 0 saturated carbocycles. The number of hydrogen-bond donors (Lipinski definition) is 0. The molecular formula is C15H19NO6S. The Morgan fingerprint density at radius 3 is 2.78 bits per heavy atom. The van der Waals surface area contributed by atoms with Crippen molar-refractivity contribution < 1.29 is 27.4 Å². The van der Waals surface area contributed by atoms with E-state index in [1.165, 1.54) is 7.11 Å². The maximum Gasteiger partial charge on any atom is 0.260 e. The highest BCUT2D eigenvalue weighted by atomic mass is 32.2. The molecule has 2 aliphatic heterocycles. The number of rotatable bonds is 4. The molecular weight excluding hydrogens is 322 g/mol.